The number of amides is 1. The average Bonchev–Trinajstić information content (AvgIpc) is 2.55. The van der Waals surface area contributed by atoms with Crippen LogP contribution in [0.4, 0.5) is 0 Å². The summed E-state index contributed by atoms with van der Waals surface area (Å²) in [5.41, 5.74) is 2.14. The van der Waals surface area contributed by atoms with Gasteiger partial charge in [-0.1, -0.05) is 18.2 Å². The number of carbonyl (C=O) groups excluding carboxylic acids is 1. The van der Waals surface area contributed by atoms with Gasteiger partial charge < -0.3 is 10.0 Å². The average molecular weight is 312 g/mol. The molecule has 1 aliphatic rings. The molecule has 1 atom stereocenters. The van der Waals surface area contributed by atoms with E-state index in [2.05, 4.69) is 11.1 Å². The molecule has 3 rings (SSSR count). The first-order chi connectivity index (χ1) is 11.1. The second kappa shape index (κ2) is 7.09. The quantitative estimate of drug-likeness (QED) is 0.944. The van der Waals surface area contributed by atoms with E-state index >= 15 is 0 Å². The fraction of sp³-hybridized carbons (Fsp3) is 0.474. The van der Waals surface area contributed by atoms with Crippen molar-refractivity contribution in [1.82, 2.24) is 9.88 Å². The number of aromatic nitrogens is 1. The first kappa shape index (κ1) is 15.9. The van der Waals surface area contributed by atoms with Gasteiger partial charge in [0.1, 0.15) is 0 Å². The molecular formula is C19H24N2O2. The number of hydrogen-bond donors (Lipinski definition) is 1. The number of aliphatic hydroxyl groups is 1. The Balaban J connectivity index is 1.59. The lowest BCUT2D eigenvalue weighted by molar-refractivity contribution is -0.130. The van der Waals surface area contributed by atoms with Crippen molar-refractivity contribution in [2.24, 2.45) is 5.92 Å². The number of aliphatic hydroxyl groups excluding tert-OH is 1. The first-order valence-corrected chi connectivity index (χ1v) is 8.39. The fourth-order valence-corrected chi connectivity index (χ4v) is 3.54. The summed E-state index contributed by atoms with van der Waals surface area (Å²) >= 11 is 0. The van der Waals surface area contributed by atoms with Gasteiger partial charge in [-0.2, -0.15) is 0 Å². The monoisotopic (exact) mass is 312 g/mol. The summed E-state index contributed by atoms with van der Waals surface area (Å²) in [6, 6.07) is 10.1. The van der Waals surface area contributed by atoms with Crippen LogP contribution in [0, 0.1) is 5.92 Å². The first-order valence-electron chi connectivity index (χ1n) is 8.39. The predicted octanol–water partition coefficient (Wildman–Crippen LogP) is 2.79. The van der Waals surface area contributed by atoms with Crippen LogP contribution in [0.5, 0.6) is 0 Å². The Bertz CT molecular complexity index is 673. The molecule has 1 fully saturated rings. The van der Waals surface area contributed by atoms with Crippen molar-refractivity contribution in [1.29, 1.82) is 0 Å². The van der Waals surface area contributed by atoms with Gasteiger partial charge in [-0.15, -0.1) is 0 Å². The zero-order valence-corrected chi connectivity index (χ0v) is 13.6. The van der Waals surface area contributed by atoms with Crippen LogP contribution in [-0.2, 0) is 11.2 Å². The Labute approximate surface area is 137 Å². The largest absolute Gasteiger partial charge is 0.393 e. The van der Waals surface area contributed by atoms with E-state index in [0.717, 1.165) is 48.8 Å². The molecule has 122 valence electrons. The third-order valence-electron chi connectivity index (χ3n) is 4.86. The third kappa shape index (κ3) is 3.88. The summed E-state index contributed by atoms with van der Waals surface area (Å²) in [6.45, 7) is 3.28. The van der Waals surface area contributed by atoms with E-state index in [0.29, 0.717) is 12.3 Å². The molecule has 0 spiro atoms. The number of fused-ring (bicyclic) bond motifs is 1. The zero-order chi connectivity index (χ0) is 16.2. The Hall–Kier alpha value is -1.94. The molecule has 1 N–H and O–H groups in total. The lowest BCUT2D eigenvalue weighted by atomic mass is 9.89. The highest BCUT2D eigenvalue weighted by molar-refractivity contribution is 5.81. The molecule has 1 aromatic heterocycles. The van der Waals surface area contributed by atoms with Gasteiger partial charge in [0, 0.05) is 31.6 Å². The second-order valence-electron chi connectivity index (χ2n) is 6.53. The lowest BCUT2D eigenvalue weighted by Gasteiger charge is -2.32. The fourth-order valence-electron chi connectivity index (χ4n) is 3.54. The highest BCUT2D eigenvalue weighted by Crippen LogP contribution is 2.25. The van der Waals surface area contributed by atoms with E-state index in [9.17, 15) is 9.90 Å². The van der Waals surface area contributed by atoms with Gasteiger partial charge in [0.05, 0.1) is 11.6 Å². The number of nitrogens with zero attached hydrogens (tertiary/aromatic N) is 2. The van der Waals surface area contributed by atoms with E-state index in [-0.39, 0.29) is 12.0 Å². The topological polar surface area (TPSA) is 53.4 Å². The maximum absolute atomic E-state index is 11.4. The Kier molecular flexibility index (Phi) is 4.91. The van der Waals surface area contributed by atoms with Gasteiger partial charge in [0.25, 0.3) is 0 Å². The minimum Gasteiger partial charge on any atom is -0.393 e. The van der Waals surface area contributed by atoms with Crippen molar-refractivity contribution < 1.29 is 9.90 Å². The molecule has 2 aromatic rings. The number of piperidine rings is 1. The molecule has 0 radical (unpaired) electrons. The van der Waals surface area contributed by atoms with Crippen LogP contribution in [0.1, 0.15) is 31.7 Å². The standard InChI is InChI=1S/C19H24N2O2/c1-14(22)21-10-7-15(8-11-21)12-17(23)13-16-6-9-20-19-5-3-2-4-18(16)19/h2-6,9,15,17,23H,7-8,10-13H2,1H3/t17-/m0/s1. The Morgan fingerprint density at radius 2 is 2.04 bits per heavy atom. The number of rotatable bonds is 4. The van der Waals surface area contributed by atoms with Crippen LogP contribution in [0.3, 0.4) is 0 Å². The summed E-state index contributed by atoms with van der Waals surface area (Å²) in [5.74, 6) is 0.668. The summed E-state index contributed by atoms with van der Waals surface area (Å²) < 4.78 is 0. The maximum Gasteiger partial charge on any atom is 0.219 e. The number of benzene rings is 1. The highest BCUT2D eigenvalue weighted by atomic mass is 16.3. The van der Waals surface area contributed by atoms with Gasteiger partial charge >= 0.3 is 0 Å². The summed E-state index contributed by atoms with van der Waals surface area (Å²) in [7, 11) is 0. The number of carbonyl (C=O) groups is 1. The molecule has 1 aromatic carbocycles. The van der Waals surface area contributed by atoms with E-state index in [1.54, 1.807) is 6.92 Å². The molecule has 4 heteroatoms. The van der Waals surface area contributed by atoms with Crippen molar-refractivity contribution in [2.75, 3.05) is 13.1 Å². The van der Waals surface area contributed by atoms with Crippen LogP contribution in [0.25, 0.3) is 10.9 Å². The lowest BCUT2D eigenvalue weighted by Crippen LogP contribution is -2.37. The third-order valence-corrected chi connectivity index (χ3v) is 4.86. The van der Waals surface area contributed by atoms with Crippen LogP contribution in [0.15, 0.2) is 36.5 Å². The molecule has 1 amide bonds. The number of pyridine rings is 1. The normalized spacial score (nSPS) is 17.4. The van der Waals surface area contributed by atoms with Gasteiger partial charge in [-0.25, -0.2) is 0 Å². The SMILES string of the molecule is CC(=O)N1CCC(C[C@H](O)Cc2ccnc3ccccc23)CC1. The van der Waals surface area contributed by atoms with Gasteiger partial charge in [0.2, 0.25) is 5.91 Å². The van der Waals surface area contributed by atoms with Gasteiger partial charge in [-0.05, 0) is 49.3 Å². The molecule has 0 aliphatic carbocycles. The van der Waals surface area contributed by atoms with Crippen LogP contribution < -0.4 is 0 Å². The van der Waals surface area contributed by atoms with E-state index in [1.165, 1.54) is 0 Å². The molecule has 0 saturated carbocycles. The zero-order valence-electron chi connectivity index (χ0n) is 13.6. The summed E-state index contributed by atoms with van der Waals surface area (Å²) in [6.07, 6.45) is 4.94. The van der Waals surface area contributed by atoms with E-state index in [1.807, 2.05) is 35.4 Å². The van der Waals surface area contributed by atoms with Crippen LogP contribution in [0.2, 0.25) is 0 Å². The summed E-state index contributed by atoms with van der Waals surface area (Å²) in [5, 5.41) is 11.6. The molecule has 0 unspecified atom stereocenters. The Morgan fingerprint density at radius 1 is 1.30 bits per heavy atom. The highest BCUT2D eigenvalue weighted by Gasteiger charge is 2.23. The molecule has 2 heterocycles. The van der Waals surface area contributed by atoms with Crippen molar-refractivity contribution in [3.8, 4) is 0 Å². The Morgan fingerprint density at radius 3 is 2.78 bits per heavy atom. The molecule has 0 bridgehead atoms. The van der Waals surface area contributed by atoms with Crippen LogP contribution in [-0.4, -0.2) is 40.1 Å². The molecular weight excluding hydrogens is 288 g/mol. The number of likely N-dealkylation sites (tertiary alicyclic amines) is 1. The number of para-hydroxylation sites is 1. The van der Waals surface area contributed by atoms with Gasteiger partial charge in [-0.3, -0.25) is 9.78 Å². The molecule has 23 heavy (non-hydrogen) atoms. The molecule has 4 nitrogen and oxygen atoms in total. The van der Waals surface area contributed by atoms with Crippen molar-refractivity contribution in [2.45, 2.75) is 38.7 Å². The summed E-state index contributed by atoms with van der Waals surface area (Å²) in [4.78, 5) is 17.6. The van der Waals surface area contributed by atoms with Crippen LogP contribution >= 0.6 is 0 Å². The van der Waals surface area contributed by atoms with E-state index < -0.39 is 0 Å². The van der Waals surface area contributed by atoms with Crippen molar-refractivity contribution >= 4 is 16.8 Å². The molecule has 1 saturated heterocycles. The predicted molar refractivity (Wildman–Crippen MR) is 91.0 cm³/mol. The van der Waals surface area contributed by atoms with Gasteiger partial charge in [0.15, 0.2) is 0 Å². The van der Waals surface area contributed by atoms with Crippen molar-refractivity contribution in [3.63, 3.8) is 0 Å². The van der Waals surface area contributed by atoms with Crippen molar-refractivity contribution in [3.05, 3.63) is 42.1 Å². The smallest absolute Gasteiger partial charge is 0.219 e. The molecule has 1 aliphatic heterocycles. The number of hydrogen-bond acceptors (Lipinski definition) is 3. The minimum atomic E-state index is -0.338. The maximum atomic E-state index is 11.4. The van der Waals surface area contributed by atoms with E-state index in [4.69, 9.17) is 0 Å². The minimum absolute atomic E-state index is 0.159. The second-order valence-corrected chi connectivity index (χ2v) is 6.53.